The molecule has 2 aromatic rings. The summed E-state index contributed by atoms with van der Waals surface area (Å²) in [5.74, 6) is -0.354. The molecular formula is C15H16N2O3S. The number of rotatable bonds is 6. The maximum absolute atomic E-state index is 11.4. The zero-order valence-corrected chi connectivity index (χ0v) is 12.4. The minimum atomic E-state index is -1.07. The largest absolute Gasteiger partial charge is 0.478 e. The van der Waals surface area contributed by atoms with Crippen LogP contribution < -0.4 is 5.69 Å². The molecule has 2 rings (SSSR count). The third-order valence-electron chi connectivity index (χ3n) is 2.99. The highest BCUT2D eigenvalue weighted by molar-refractivity contribution is 7.99. The Labute approximate surface area is 126 Å². The van der Waals surface area contributed by atoms with Gasteiger partial charge in [0.1, 0.15) is 10.6 Å². The van der Waals surface area contributed by atoms with Gasteiger partial charge in [0.05, 0.1) is 0 Å². The van der Waals surface area contributed by atoms with Gasteiger partial charge < -0.3 is 10.1 Å². The highest BCUT2D eigenvalue weighted by atomic mass is 32.2. The van der Waals surface area contributed by atoms with Crippen LogP contribution in [0.3, 0.4) is 0 Å². The van der Waals surface area contributed by atoms with Crippen molar-refractivity contribution in [2.75, 3.05) is 5.75 Å². The predicted molar refractivity (Wildman–Crippen MR) is 82.0 cm³/mol. The molecule has 0 aliphatic carbocycles. The van der Waals surface area contributed by atoms with Crippen LogP contribution in [-0.2, 0) is 6.42 Å². The van der Waals surface area contributed by atoms with Crippen molar-refractivity contribution in [2.24, 2.45) is 0 Å². The maximum Gasteiger partial charge on any atom is 0.346 e. The quantitative estimate of drug-likeness (QED) is 0.487. The van der Waals surface area contributed by atoms with E-state index in [1.807, 2.05) is 18.2 Å². The van der Waals surface area contributed by atoms with Gasteiger partial charge in [-0.25, -0.2) is 9.59 Å². The Morgan fingerprint density at radius 2 is 2.05 bits per heavy atom. The number of aryl methyl sites for hydroxylation is 2. The molecule has 1 heterocycles. The highest BCUT2D eigenvalue weighted by Gasteiger charge is 2.16. The van der Waals surface area contributed by atoms with Gasteiger partial charge in [0.15, 0.2) is 0 Å². The van der Waals surface area contributed by atoms with E-state index < -0.39 is 11.7 Å². The molecular weight excluding hydrogens is 288 g/mol. The molecule has 0 amide bonds. The Morgan fingerprint density at radius 3 is 2.71 bits per heavy atom. The van der Waals surface area contributed by atoms with Crippen molar-refractivity contribution in [3.63, 3.8) is 0 Å². The molecule has 2 N–H and O–H groups in total. The summed E-state index contributed by atoms with van der Waals surface area (Å²) in [7, 11) is 0. The van der Waals surface area contributed by atoms with E-state index in [0.717, 1.165) is 12.8 Å². The lowest BCUT2D eigenvalue weighted by molar-refractivity contribution is 0.0690. The number of aromatic carboxylic acids is 1. The summed E-state index contributed by atoms with van der Waals surface area (Å²) in [6, 6.07) is 10.1. The second kappa shape index (κ2) is 7.08. The summed E-state index contributed by atoms with van der Waals surface area (Å²) in [5.41, 5.74) is 1.15. The summed E-state index contributed by atoms with van der Waals surface area (Å²) in [5, 5.41) is 9.49. The number of thioether (sulfide) groups is 1. The molecule has 5 nitrogen and oxygen atoms in total. The Morgan fingerprint density at radius 1 is 1.33 bits per heavy atom. The van der Waals surface area contributed by atoms with Crippen LogP contribution in [0.5, 0.6) is 0 Å². The Kier molecular flexibility index (Phi) is 5.16. The highest BCUT2D eigenvalue weighted by Crippen LogP contribution is 2.22. The van der Waals surface area contributed by atoms with Gasteiger partial charge in [-0.15, -0.1) is 11.8 Å². The minimum absolute atomic E-state index is 0.0827. The number of H-pyrrole nitrogens is 1. The summed E-state index contributed by atoms with van der Waals surface area (Å²) in [6.45, 7) is 1.57. The average molecular weight is 304 g/mol. The van der Waals surface area contributed by atoms with E-state index in [4.69, 9.17) is 0 Å². The molecule has 0 saturated heterocycles. The standard InChI is InChI=1S/C15H16N2O3S/c1-10-12(14(18)19)13(17-15(20)16-10)21-9-5-8-11-6-3-2-4-7-11/h2-4,6-7H,5,8-9H2,1H3,(H,18,19)(H,16,17,20). The number of aromatic amines is 1. The van der Waals surface area contributed by atoms with Gasteiger partial charge in [0.25, 0.3) is 0 Å². The number of hydrogen-bond donors (Lipinski definition) is 2. The molecule has 1 aromatic heterocycles. The lowest BCUT2D eigenvalue weighted by Crippen LogP contribution is -2.18. The molecule has 0 fully saturated rings. The van der Waals surface area contributed by atoms with E-state index in [9.17, 15) is 14.7 Å². The van der Waals surface area contributed by atoms with E-state index >= 15 is 0 Å². The van der Waals surface area contributed by atoms with Crippen molar-refractivity contribution in [3.05, 3.63) is 57.6 Å². The molecule has 110 valence electrons. The second-order valence-electron chi connectivity index (χ2n) is 4.59. The maximum atomic E-state index is 11.4. The van der Waals surface area contributed by atoms with Gasteiger partial charge in [0, 0.05) is 5.69 Å². The van der Waals surface area contributed by atoms with E-state index in [-0.39, 0.29) is 10.6 Å². The van der Waals surface area contributed by atoms with Gasteiger partial charge in [-0.2, -0.15) is 4.98 Å². The average Bonchev–Trinajstić information content (AvgIpc) is 2.43. The van der Waals surface area contributed by atoms with Gasteiger partial charge in [0.2, 0.25) is 0 Å². The molecule has 6 heteroatoms. The fourth-order valence-corrected chi connectivity index (χ4v) is 3.02. The first kappa shape index (κ1) is 15.3. The number of aromatic nitrogens is 2. The van der Waals surface area contributed by atoms with E-state index in [2.05, 4.69) is 22.1 Å². The van der Waals surface area contributed by atoms with Crippen LogP contribution in [0, 0.1) is 6.92 Å². The van der Waals surface area contributed by atoms with Crippen LogP contribution >= 0.6 is 11.8 Å². The number of nitrogens with one attached hydrogen (secondary N) is 1. The molecule has 0 saturated carbocycles. The van der Waals surface area contributed by atoms with Crippen LogP contribution in [0.2, 0.25) is 0 Å². The Bertz CT molecular complexity index is 683. The first-order valence-corrected chi connectivity index (χ1v) is 7.57. The van der Waals surface area contributed by atoms with Crippen LogP contribution in [0.1, 0.15) is 28.0 Å². The van der Waals surface area contributed by atoms with Crippen LogP contribution in [0.15, 0.2) is 40.2 Å². The number of carboxylic acids is 1. The van der Waals surface area contributed by atoms with Gasteiger partial charge in [-0.1, -0.05) is 30.3 Å². The monoisotopic (exact) mass is 304 g/mol. The molecule has 1 aromatic carbocycles. The SMILES string of the molecule is Cc1[nH]c(=O)nc(SCCCc2ccccc2)c1C(=O)O. The summed E-state index contributed by atoms with van der Waals surface area (Å²) >= 11 is 1.31. The van der Waals surface area contributed by atoms with E-state index in [1.165, 1.54) is 17.3 Å². The van der Waals surface area contributed by atoms with Crippen LogP contribution in [0.4, 0.5) is 0 Å². The predicted octanol–water partition coefficient (Wildman–Crippen LogP) is 2.50. The topological polar surface area (TPSA) is 83.0 Å². The molecule has 0 spiro atoms. The van der Waals surface area contributed by atoms with E-state index in [0.29, 0.717) is 11.4 Å². The smallest absolute Gasteiger partial charge is 0.346 e. The minimum Gasteiger partial charge on any atom is -0.478 e. The first-order chi connectivity index (χ1) is 10.1. The lowest BCUT2D eigenvalue weighted by Gasteiger charge is -2.07. The zero-order chi connectivity index (χ0) is 15.2. The summed E-state index contributed by atoms with van der Waals surface area (Å²) in [4.78, 5) is 28.8. The van der Waals surface area contributed by atoms with Crippen molar-refractivity contribution in [3.8, 4) is 0 Å². The third kappa shape index (κ3) is 4.19. The summed E-state index contributed by atoms with van der Waals surface area (Å²) in [6.07, 6.45) is 1.81. The zero-order valence-electron chi connectivity index (χ0n) is 11.6. The molecule has 0 atom stereocenters. The molecule has 0 bridgehead atoms. The number of hydrogen-bond acceptors (Lipinski definition) is 4. The fraction of sp³-hybridized carbons (Fsp3) is 0.267. The van der Waals surface area contributed by atoms with Crippen LogP contribution in [-0.4, -0.2) is 26.8 Å². The number of nitrogens with zero attached hydrogens (tertiary/aromatic N) is 1. The molecule has 0 unspecified atom stereocenters. The number of carbonyl (C=O) groups is 1. The van der Waals surface area contributed by atoms with Crippen molar-refractivity contribution < 1.29 is 9.90 Å². The van der Waals surface area contributed by atoms with Crippen molar-refractivity contribution in [2.45, 2.75) is 24.8 Å². The van der Waals surface area contributed by atoms with Crippen LogP contribution in [0.25, 0.3) is 0 Å². The Balaban J connectivity index is 2.00. The van der Waals surface area contributed by atoms with Gasteiger partial charge in [-0.3, -0.25) is 0 Å². The van der Waals surface area contributed by atoms with Crippen molar-refractivity contribution in [1.82, 2.24) is 9.97 Å². The second-order valence-corrected chi connectivity index (χ2v) is 5.67. The molecule has 0 aliphatic rings. The number of benzene rings is 1. The summed E-state index contributed by atoms with van der Waals surface area (Å²) < 4.78 is 0. The van der Waals surface area contributed by atoms with E-state index in [1.54, 1.807) is 6.92 Å². The normalized spacial score (nSPS) is 10.5. The fourth-order valence-electron chi connectivity index (χ4n) is 2.01. The van der Waals surface area contributed by atoms with Crippen molar-refractivity contribution >= 4 is 17.7 Å². The number of carboxylic acid groups (broad SMARTS) is 1. The lowest BCUT2D eigenvalue weighted by atomic mass is 10.1. The third-order valence-corrected chi connectivity index (χ3v) is 4.05. The van der Waals surface area contributed by atoms with Crippen molar-refractivity contribution in [1.29, 1.82) is 0 Å². The van der Waals surface area contributed by atoms with Gasteiger partial charge >= 0.3 is 11.7 Å². The molecule has 0 aliphatic heterocycles. The van der Waals surface area contributed by atoms with Gasteiger partial charge in [-0.05, 0) is 31.1 Å². The molecule has 0 radical (unpaired) electrons. The first-order valence-electron chi connectivity index (χ1n) is 6.59. The Hall–Kier alpha value is -2.08. The molecule has 21 heavy (non-hydrogen) atoms.